The molecule has 0 aliphatic carbocycles. The van der Waals surface area contributed by atoms with Crippen LogP contribution in [0.5, 0.6) is 17.2 Å². The van der Waals surface area contributed by atoms with E-state index in [1.807, 2.05) is 0 Å². The van der Waals surface area contributed by atoms with Gasteiger partial charge in [0.1, 0.15) is 23.1 Å². The molecule has 0 aliphatic heterocycles. The normalized spacial score (nSPS) is 12.0. The van der Waals surface area contributed by atoms with E-state index in [0.717, 1.165) is 5.75 Å². The van der Waals surface area contributed by atoms with Crippen molar-refractivity contribution in [1.82, 2.24) is 0 Å². The first-order valence-corrected chi connectivity index (χ1v) is 5.97. The summed E-state index contributed by atoms with van der Waals surface area (Å²) in [4.78, 5) is 0. The molecule has 1 unspecified atom stereocenters. The minimum absolute atomic E-state index is 0.360. The lowest BCUT2D eigenvalue weighted by Gasteiger charge is -2.14. The second-order valence-electron chi connectivity index (χ2n) is 4.22. The molecule has 4 heteroatoms. The Kier molecular flexibility index (Phi) is 4.02. The van der Waals surface area contributed by atoms with Crippen LogP contribution in [0.15, 0.2) is 42.5 Å². The minimum Gasteiger partial charge on any atom is -0.497 e. The maximum absolute atomic E-state index is 13.7. The van der Waals surface area contributed by atoms with Gasteiger partial charge >= 0.3 is 0 Å². The van der Waals surface area contributed by atoms with Crippen LogP contribution in [0.2, 0.25) is 0 Å². The van der Waals surface area contributed by atoms with Gasteiger partial charge in [0.25, 0.3) is 0 Å². The maximum atomic E-state index is 13.7. The summed E-state index contributed by atoms with van der Waals surface area (Å²) in [7, 11) is 1.59. The first-order chi connectivity index (χ1) is 9.11. The maximum Gasteiger partial charge on any atom is 0.135 e. The second kappa shape index (κ2) is 5.71. The average molecular weight is 261 g/mol. The third-order valence-electron chi connectivity index (χ3n) is 2.76. The van der Waals surface area contributed by atoms with E-state index in [0.29, 0.717) is 17.1 Å². The molecule has 2 N–H and O–H groups in total. The monoisotopic (exact) mass is 261 g/mol. The van der Waals surface area contributed by atoms with Gasteiger partial charge in [-0.15, -0.1) is 0 Å². The van der Waals surface area contributed by atoms with Crippen molar-refractivity contribution in [1.29, 1.82) is 0 Å². The number of halogens is 1. The highest BCUT2D eigenvalue weighted by Crippen LogP contribution is 2.31. The fraction of sp³-hybridized carbons (Fsp3) is 0.200. The highest BCUT2D eigenvalue weighted by molar-refractivity contribution is 5.41. The topological polar surface area (TPSA) is 44.5 Å². The lowest BCUT2D eigenvalue weighted by molar-refractivity contribution is 0.412. The van der Waals surface area contributed by atoms with Gasteiger partial charge in [-0.05, 0) is 43.3 Å². The molecule has 0 fully saturated rings. The number of nitrogens with two attached hydrogens (primary N) is 1. The predicted molar refractivity (Wildman–Crippen MR) is 72.1 cm³/mol. The van der Waals surface area contributed by atoms with Crippen LogP contribution in [0.4, 0.5) is 4.39 Å². The zero-order chi connectivity index (χ0) is 13.8. The molecule has 0 heterocycles. The Hall–Kier alpha value is -2.07. The first kappa shape index (κ1) is 13.4. The van der Waals surface area contributed by atoms with Gasteiger partial charge in [-0.1, -0.05) is 6.07 Å². The standard InChI is InChI=1S/C15H16FNO2/c1-10(17)15-13(16)4-3-5-14(15)19-12-8-6-11(18-2)7-9-12/h3-10H,17H2,1-2H3. The summed E-state index contributed by atoms with van der Waals surface area (Å²) in [6.45, 7) is 1.72. The summed E-state index contributed by atoms with van der Waals surface area (Å²) in [5, 5.41) is 0. The van der Waals surface area contributed by atoms with E-state index in [2.05, 4.69) is 0 Å². The number of hydrogen-bond acceptors (Lipinski definition) is 3. The van der Waals surface area contributed by atoms with E-state index in [4.69, 9.17) is 15.2 Å². The smallest absolute Gasteiger partial charge is 0.135 e. The summed E-state index contributed by atoms with van der Waals surface area (Å²) < 4.78 is 24.5. The first-order valence-electron chi connectivity index (χ1n) is 5.97. The van der Waals surface area contributed by atoms with Crippen molar-refractivity contribution >= 4 is 0 Å². The number of hydrogen-bond donors (Lipinski definition) is 1. The largest absolute Gasteiger partial charge is 0.497 e. The van der Waals surface area contributed by atoms with E-state index in [9.17, 15) is 4.39 Å². The van der Waals surface area contributed by atoms with Crippen molar-refractivity contribution < 1.29 is 13.9 Å². The molecule has 0 aromatic heterocycles. The van der Waals surface area contributed by atoms with Crippen LogP contribution in [0, 0.1) is 5.82 Å². The predicted octanol–water partition coefficient (Wildman–Crippen LogP) is 3.65. The molecule has 2 rings (SSSR count). The summed E-state index contributed by atoms with van der Waals surface area (Å²) in [6.07, 6.45) is 0. The molecule has 0 saturated heterocycles. The third-order valence-corrected chi connectivity index (χ3v) is 2.76. The van der Waals surface area contributed by atoms with Crippen LogP contribution < -0.4 is 15.2 Å². The van der Waals surface area contributed by atoms with Crippen LogP contribution in [-0.4, -0.2) is 7.11 Å². The lowest BCUT2D eigenvalue weighted by Crippen LogP contribution is -2.09. The van der Waals surface area contributed by atoms with Crippen LogP contribution in [0.1, 0.15) is 18.5 Å². The van der Waals surface area contributed by atoms with Crippen LogP contribution in [-0.2, 0) is 0 Å². The molecule has 0 bridgehead atoms. The van der Waals surface area contributed by atoms with Crippen molar-refractivity contribution in [3.63, 3.8) is 0 Å². The van der Waals surface area contributed by atoms with E-state index in [-0.39, 0.29) is 5.82 Å². The molecule has 0 saturated carbocycles. The van der Waals surface area contributed by atoms with Gasteiger partial charge in [0.15, 0.2) is 0 Å². The molecule has 1 atom stereocenters. The van der Waals surface area contributed by atoms with Crippen molar-refractivity contribution in [2.45, 2.75) is 13.0 Å². The highest BCUT2D eigenvalue weighted by Gasteiger charge is 2.14. The van der Waals surface area contributed by atoms with Gasteiger partial charge in [0.05, 0.1) is 7.11 Å². The lowest BCUT2D eigenvalue weighted by atomic mass is 10.1. The molecule has 19 heavy (non-hydrogen) atoms. The van der Waals surface area contributed by atoms with Crippen LogP contribution in [0.3, 0.4) is 0 Å². The fourth-order valence-electron chi connectivity index (χ4n) is 1.82. The molecule has 0 spiro atoms. The quantitative estimate of drug-likeness (QED) is 0.913. The molecule has 100 valence electrons. The fourth-order valence-corrected chi connectivity index (χ4v) is 1.82. The number of methoxy groups -OCH3 is 1. The van der Waals surface area contributed by atoms with Crippen LogP contribution in [0.25, 0.3) is 0 Å². The molecule has 2 aromatic carbocycles. The molecule has 2 aromatic rings. The zero-order valence-corrected chi connectivity index (χ0v) is 10.9. The molecule has 0 amide bonds. The molecule has 0 radical (unpaired) electrons. The van der Waals surface area contributed by atoms with Gasteiger partial charge in [-0.25, -0.2) is 4.39 Å². The Bertz CT molecular complexity index is 553. The van der Waals surface area contributed by atoms with Gasteiger partial charge in [-0.2, -0.15) is 0 Å². The van der Waals surface area contributed by atoms with Crippen LogP contribution >= 0.6 is 0 Å². The highest BCUT2D eigenvalue weighted by atomic mass is 19.1. The molecular weight excluding hydrogens is 245 g/mol. The third kappa shape index (κ3) is 3.03. The van der Waals surface area contributed by atoms with E-state index in [1.165, 1.54) is 6.07 Å². The van der Waals surface area contributed by atoms with Crippen molar-refractivity contribution in [3.05, 3.63) is 53.8 Å². The van der Waals surface area contributed by atoms with Crippen molar-refractivity contribution in [2.24, 2.45) is 5.73 Å². The summed E-state index contributed by atoms with van der Waals surface area (Å²) in [5.74, 6) is 1.41. The van der Waals surface area contributed by atoms with Crippen molar-refractivity contribution in [3.8, 4) is 17.2 Å². The Morgan fingerprint density at radius 2 is 1.68 bits per heavy atom. The van der Waals surface area contributed by atoms with Gasteiger partial charge in [0.2, 0.25) is 0 Å². The van der Waals surface area contributed by atoms with Gasteiger partial charge in [-0.3, -0.25) is 0 Å². The Morgan fingerprint density at radius 3 is 2.26 bits per heavy atom. The Balaban J connectivity index is 2.29. The number of benzene rings is 2. The summed E-state index contributed by atoms with van der Waals surface area (Å²) in [5.41, 5.74) is 6.15. The van der Waals surface area contributed by atoms with Crippen molar-refractivity contribution in [2.75, 3.05) is 7.11 Å². The van der Waals surface area contributed by atoms with Gasteiger partial charge in [0, 0.05) is 11.6 Å². The van der Waals surface area contributed by atoms with E-state index in [1.54, 1.807) is 50.4 Å². The molecule has 0 aliphatic rings. The Labute approximate surface area is 111 Å². The number of rotatable bonds is 4. The van der Waals surface area contributed by atoms with Gasteiger partial charge < -0.3 is 15.2 Å². The van der Waals surface area contributed by atoms with E-state index >= 15 is 0 Å². The number of ether oxygens (including phenoxy) is 2. The SMILES string of the molecule is COc1ccc(Oc2cccc(F)c2C(C)N)cc1. The average Bonchev–Trinajstić information content (AvgIpc) is 2.39. The molecule has 3 nitrogen and oxygen atoms in total. The second-order valence-corrected chi connectivity index (χ2v) is 4.22. The van der Waals surface area contributed by atoms with E-state index < -0.39 is 6.04 Å². The Morgan fingerprint density at radius 1 is 1.05 bits per heavy atom. The summed E-state index contributed by atoms with van der Waals surface area (Å²) >= 11 is 0. The molecular formula is C15H16FNO2. The summed E-state index contributed by atoms with van der Waals surface area (Å²) in [6, 6.07) is 11.3. The zero-order valence-electron chi connectivity index (χ0n) is 10.9. The minimum atomic E-state index is -0.436.